The first-order valence-corrected chi connectivity index (χ1v) is 6.24. The van der Waals surface area contributed by atoms with Crippen molar-refractivity contribution < 1.29 is 14.7 Å². The van der Waals surface area contributed by atoms with Crippen LogP contribution in [0.2, 0.25) is 5.02 Å². The van der Waals surface area contributed by atoms with Crippen LogP contribution in [0.15, 0.2) is 24.3 Å². The van der Waals surface area contributed by atoms with Gasteiger partial charge in [0.15, 0.2) is 0 Å². The van der Waals surface area contributed by atoms with E-state index >= 15 is 0 Å². The second-order valence-electron chi connectivity index (χ2n) is 4.50. The van der Waals surface area contributed by atoms with Gasteiger partial charge >= 0.3 is 5.97 Å². The van der Waals surface area contributed by atoms with Gasteiger partial charge < -0.3 is 10.4 Å². The average Bonchev–Trinajstić information content (AvgIpc) is 2.78. The lowest BCUT2D eigenvalue weighted by Gasteiger charge is -2.13. The van der Waals surface area contributed by atoms with Gasteiger partial charge in [0.25, 0.3) is 5.91 Å². The van der Waals surface area contributed by atoms with Crippen molar-refractivity contribution in [2.75, 3.05) is 0 Å². The summed E-state index contributed by atoms with van der Waals surface area (Å²) in [5, 5.41) is 12.1. The molecule has 1 aromatic rings. The Morgan fingerprint density at radius 2 is 2.00 bits per heavy atom. The van der Waals surface area contributed by atoms with Crippen molar-refractivity contribution in [3.05, 3.63) is 34.9 Å². The molecule has 0 bridgehead atoms. The molecule has 0 radical (unpaired) electrons. The van der Waals surface area contributed by atoms with E-state index < -0.39 is 5.97 Å². The molecule has 2 N–H and O–H groups in total. The Morgan fingerprint density at radius 1 is 1.28 bits per heavy atom. The number of nitrogens with one attached hydrogen (secondary N) is 1. The third-order valence-corrected chi connectivity index (χ3v) is 3.57. The van der Waals surface area contributed by atoms with E-state index in [4.69, 9.17) is 16.7 Å². The molecule has 1 saturated carbocycles. The van der Waals surface area contributed by atoms with Crippen LogP contribution in [0.1, 0.15) is 29.6 Å². The molecule has 0 aromatic heterocycles. The van der Waals surface area contributed by atoms with Crippen molar-refractivity contribution in [2.45, 2.75) is 25.3 Å². The number of carboxylic acids is 1. The highest BCUT2D eigenvalue weighted by molar-refractivity contribution is 6.33. The molecule has 0 saturated heterocycles. The van der Waals surface area contributed by atoms with E-state index in [2.05, 4.69) is 5.32 Å². The number of carbonyl (C=O) groups is 2. The Labute approximate surface area is 110 Å². The molecule has 18 heavy (non-hydrogen) atoms. The highest BCUT2D eigenvalue weighted by Crippen LogP contribution is 2.26. The topological polar surface area (TPSA) is 66.4 Å². The smallest absolute Gasteiger partial charge is 0.306 e. The number of carboxylic acid groups (broad SMARTS) is 1. The van der Waals surface area contributed by atoms with Gasteiger partial charge in [-0.25, -0.2) is 0 Å². The van der Waals surface area contributed by atoms with Crippen LogP contribution >= 0.6 is 11.6 Å². The molecule has 1 aromatic carbocycles. The van der Waals surface area contributed by atoms with Crippen molar-refractivity contribution in [1.29, 1.82) is 0 Å². The average molecular weight is 268 g/mol. The second-order valence-corrected chi connectivity index (χ2v) is 4.91. The maximum atomic E-state index is 12.0. The minimum atomic E-state index is -0.788. The minimum Gasteiger partial charge on any atom is -0.481 e. The second kappa shape index (κ2) is 5.40. The number of hydrogen-bond acceptors (Lipinski definition) is 2. The van der Waals surface area contributed by atoms with Gasteiger partial charge in [0.05, 0.1) is 16.5 Å². The first-order valence-electron chi connectivity index (χ1n) is 5.86. The van der Waals surface area contributed by atoms with Crippen LogP contribution in [0.25, 0.3) is 0 Å². The molecule has 4 nitrogen and oxygen atoms in total. The number of benzene rings is 1. The third-order valence-electron chi connectivity index (χ3n) is 3.24. The predicted octanol–water partition coefficient (Wildman–Crippen LogP) is 2.32. The van der Waals surface area contributed by atoms with Crippen LogP contribution in [0.3, 0.4) is 0 Å². The first kappa shape index (κ1) is 12.9. The number of rotatable bonds is 3. The van der Waals surface area contributed by atoms with Crippen molar-refractivity contribution in [3.8, 4) is 0 Å². The fourth-order valence-corrected chi connectivity index (χ4v) is 2.47. The minimum absolute atomic E-state index is 0.0742. The monoisotopic (exact) mass is 267 g/mol. The van der Waals surface area contributed by atoms with Gasteiger partial charge in [0.2, 0.25) is 0 Å². The SMILES string of the molecule is O=C(N[C@@H]1CC[C@H](C(=O)O)C1)c1ccccc1Cl. The Morgan fingerprint density at radius 3 is 2.61 bits per heavy atom. The predicted molar refractivity (Wildman–Crippen MR) is 67.7 cm³/mol. The zero-order valence-corrected chi connectivity index (χ0v) is 10.5. The van der Waals surface area contributed by atoms with Crippen LogP contribution in [0.5, 0.6) is 0 Å². The number of halogens is 1. The summed E-state index contributed by atoms with van der Waals surface area (Å²) in [5.74, 6) is -1.37. The van der Waals surface area contributed by atoms with E-state index in [1.54, 1.807) is 24.3 Å². The zero-order valence-electron chi connectivity index (χ0n) is 9.73. The largest absolute Gasteiger partial charge is 0.481 e. The molecule has 0 aliphatic heterocycles. The van der Waals surface area contributed by atoms with Crippen LogP contribution in [0, 0.1) is 5.92 Å². The summed E-state index contributed by atoms with van der Waals surface area (Å²) in [5.41, 5.74) is 0.429. The van der Waals surface area contributed by atoms with Crippen molar-refractivity contribution in [1.82, 2.24) is 5.32 Å². The summed E-state index contributed by atoms with van der Waals surface area (Å²) >= 11 is 5.93. The van der Waals surface area contributed by atoms with Crippen LogP contribution in [-0.4, -0.2) is 23.0 Å². The van der Waals surface area contributed by atoms with Gasteiger partial charge in [-0.1, -0.05) is 23.7 Å². The molecular formula is C13H14ClNO3. The van der Waals surface area contributed by atoms with Gasteiger partial charge in [0, 0.05) is 6.04 Å². The summed E-state index contributed by atoms with van der Waals surface area (Å²) in [7, 11) is 0. The summed E-state index contributed by atoms with van der Waals surface area (Å²) < 4.78 is 0. The lowest BCUT2D eigenvalue weighted by atomic mass is 10.1. The molecule has 0 unspecified atom stereocenters. The molecule has 1 aliphatic rings. The van der Waals surface area contributed by atoms with E-state index in [1.807, 2.05) is 0 Å². The lowest BCUT2D eigenvalue weighted by molar-refractivity contribution is -0.141. The highest BCUT2D eigenvalue weighted by atomic mass is 35.5. The summed E-state index contributed by atoms with van der Waals surface area (Å²) in [6.07, 6.45) is 1.81. The quantitative estimate of drug-likeness (QED) is 0.883. The van der Waals surface area contributed by atoms with Gasteiger partial charge in [0.1, 0.15) is 0 Å². The number of hydrogen-bond donors (Lipinski definition) is 2. The molecule has 96 valence electrons. The summed E-state index contributed by atoms with van der Waals surface area (Å²) in [4.78, 5) is 22.8. The van der Waals surface area contributed by atoms with Gasteiger partial charge in [-0.2, -0.15) is 0 Å². The Kier molecular flexibility index (Phi) is 3.87. The molecule has 2 rings (SSSR count). The van der Waals surface area contributed by atoms with E-state index in [9.17, 15) is 9.59 Å². The molecule has 2 atom stereocenters. The highest BCUT2D eigenvalue weighted by Gasteiger charge is 2.30. The molecule has 1 amide bonds. The lowest BCUT2D eigenvalue weighted by Crippen LogP contribution is -2.33. The van der Waals surface area contributed by atoms with Crippen molar-refractivity contribution in [3.63, 3.8) is 0 Å². The molecule has 1 fully saturated rings. The van der Waals surface area contributed by atoms with E-state index in [0.717, 1.165) is 0 Å². The standard InChI is InChI=1S/C13H14ClNO3/c14-11-4-2-1-3-10(11)12(16)15-9-6-5-8(7-9)13(17)18/h1-4,8-9H,5-7H2,(H,15,16)(H,17,18)/t8-,9+/m0/s1. The maximum absolute atomic E-state index is 12.0. The van der Waals surface area contributed by atoms with Crippen LogP contribution in [0.4, 0.5) is 0 Å². The summed E-state index contributed by atoms with van der Waals surface area (Å²) in [6, 6.07) is 6.74. The zero-order chi connectivity index (χ0) is 13.1. The van der Waals surface area contributed by atoms with Crippen LogP contribution < -0.4 is 5.32 Å². The number of amides is 1. The molecule has 0 spiro atoms. The molecule has 1 aliphatic carbocycles. The summed E-state index contributed by atoms with van der Waals surface area (Å²) in [6.45, 7) is 0. The Hall–Kier alpha value is -1.55. The molecule has 5 heteroatoms. The van der Waals surface area contributed by atoms with Gasteiger partial charge in [-0.3, -0.25) is 9.59 Å². The maximum Gasteiger partial charge on any atom is 0.306 e. The van der Waals surface area contributed by atoms with E-state index in [-0.39, 0.29) is 17.9 Å². The van der Waals surface area contributed by atoms with E-state index in [0.29, 0.717) is 29.8 Å². The molecular weight excluding hydrogens is 254 g/mol. The Bertz CT molecular complexity index is 475. The third kappa shape index (κ3) is 2.82. The van der Waals surface area contributed by atoms with Crippen LogP contribution in [-0.2, 0) is 4.79 Å². The van der Waals surface area contributed by atoms with Crippen molar-refractivity contribution >= 4 is 23.5 Å². The fraction of sp³-hybridized carbons (Fsp3) is 0.385. The van der Waals surface area contributed by atoms with Crippen molar-refractivity contribution in [2.24, 2.45) is 5.92 Å². The normalized spacial score (nSPS) is 22.7. The van der Waals surface area contributed by atoms with E-state index in [1.165, 1.54) is 0 Å². The number of aliphatic carboxylic acids is 1. The molecule has 0 heterocycles. The van der Waals surface area contributed by atoms with Gasteiger partial charge in [-0.15, -0.1) is 0 Å². The first-order chi connectivity index (χ1) is 8.58. The number of carbonyl (C=O) groups excluding carboxylic acids is 1. The van der Waals surface area contributed by atoms with Gasteiger partial charge in [-0.05, 0) is 31.4 Å². The fourth-order valence-electron chi connectivity index (χ4n) is 2.25. The Balaban J connectivity index is 1.97.